The van der Waals surface area contributed by atoms with E-state index in [1.165, 1.54) is 6.26 Å². The van der Waals surface area contributed by atoms with Crippen LogP contribution in [0.15, 0.2) is 10.8 Å². The Morgan fingerprint density at radius 3 is 3.00 bits per heavy atom. The fraction of sp³-hybridized carbons (Fsp3) is 0.400. The van der Waals surface area contributed by atoms with Crippen molar-refractivity contribution in [3.05, 3.63) is 17.5 Å². The molecule has 1 aromatic heterocycles. The summed E-state index contributed by atoms with van der Waals surface area (Å²) in [4.78, 5) is 0. The van der Waals surface area contributed by atoms with Gasteiger partial charge in [-0.15, -0.1) is 0 Å². The first-order valence-corrected chi connectivity index (χ1v) is 2.61. The van der Waals surface area contributed by atoms with Crippen molar-refractivity contribution in [3.63, 3.8) is 0 Å². The predicted molar refractivity (Wildman–Crippen MR) is 30.3 cm³/mol. The quantitative estimate of drug-likeness (QED) is 0.569. The van der Waals surface area contributed by atoms with Crippen molar-refractivity contribution in [1.29, 1.82) is 0 Å². The second kappa shape index (κ2) is 2.61. The van der Waals surface area contributed by atoms with Gasteiger partial charge in [-0.05, 0) is 0 Å². The lowest BCUT2D eigenvalue weighted by atomic mass is 10.3. The maximum Gasteiger partial charge on any atom is 0.128 e. The fourth-order valence-corrected chi connectivity index (χ4v) is 0.577. The number of hydrogen-bond donors (Lipinski definition) is 2. The topological polar surface area (TPSA) is 72.3 Å². The van der Waals surface area contributed by atoms with E-state index in [0.717, 1.165) is 5.56 Å². The number of nitrogens with two attached hydrogens (primary N) is 1. The van der Waals surface area contributed by atoms with Crippen molar-refractivity contribution in [2.75, 3.05) is 0 Å². The Hall–Kier alpha value is -0.870. The molecule has 1 rings (SSSR count). The second-order valence-electron chi connectivity index (χ2n) is 1.65. The van der Waals surface area contributed by atoms with E-state index in [1.807, 2.05) is 0 Å². The molecule has 0 saturated heterocycles. The molecule has 0 atom stereocenters. The van der Waals surface area contributed by atoms with Gasteiger partial charge >= 0.3 is 0 Å². The molecule has 4 heteroatoms. The third-order valence-electron chi connectivity index (χ3n) is 1.10. The zero-order chi connectivity index (χ0) is 6.69. The lowest BCUT2D eigenvalue weighted by Crippen LogP contribution is -1.98. The molecule has 3 N–H and O–H groups in total. The lowest BCUT2D eigenvalue weighted by molar-refractivity contribution is 0.266. The van der Waals surface area contributed by atoms with E-state index in [0.29, 0.717) is 12.2 Å². The number of rotatable bonds is 2. The van der Waals surface area contributed by atoms with Crippen LogP contribution in [0.2, 0.25) is 0 Å². The summed E-state index contributed by atoms with van der Waals surface area (Å²) < 4.78 is 4.54. The van der Waals surface area contributed by atoms with Crippen LogP contribution in [-0.2, 0) is 13.2 Å². The van der Waals surface area contributed by atoms with Crippen molar-refractivity contribution in [3.8, 4) is 0 Å². The molecule has 0 saturated carbocycles. The van der Waals surface area contributed by atoms with Crippen molar-refractivity contribution < 1.29 is 9.63 Å². The summed E-state index contributed by atoms with van der Waals surface area (Å²) in [6.45, 7) is 0.252. The van der Waals surface area contributed by atoms with Gasteiger partial charge in [0.25, 0.3) is 0 Å². The smallest absolute Gasteiger partial charge is 0.128 e. The normalized spacial score (nSPS) is 10.0. The van der Waals surface area contributed by atoms with E-state index >= 15 is 0 Å². The highest BCUT2D eigenvalue weighted by Crippen LogP contribution is 2.03. The van der Waals surface area contributed by atoms with Crippen molar-refractivity contribution >= 4 is 0 Å². The predicted octanol–water partition coefficient (Wildman–Crippen LogP) is -0.374. The Balaban J connectivity index is 2.85. The number of aromatic nitrogens is 1. The summed E-state index contributed by atoms with van der Waals surface area (Å²) in [5, 5.41) is 12.1. The van der Waals surface area contributed by atoms with Crippen LogP contribution in [0.3, 0.4) is 0 Å². The Labute approximate surface area is 52.3 Å². The van der Waals surface area contributed by atoms with Gasteiger partial charge in [0.2, 0.25) is 0 Å². The number of nitrogens with zero attached hydrogens (tertiary/aromatic N) is 1. The molecule has 0 aliphatic carbocycles. The maximum absolute atomic E-state index is 8.56. The first-order valence-electron chi connectivity index (χ1n) is 2.61. The summed E-state index contributed by atoms with van der Waals surface area (Å²) in [5.74, 6) is 0. The van der Waals surface area contributed by atoms with Gasteiger partial charge in [0.05, 0.1) is 6.61 Å². The van der Waals surface area contributed by atoms with E-state index in [9.17, 15) is 0 Å². The van der Waals surface area contributed by atoms with Gasteiger partial charge in [-0.3, -0.25) is 0 Å². The van der Waals surface area contributed by atoms with Crippen LogP contribution in [0.25, 0.3) is 0 Å². The van der Waals surface area contributed by atoms with E-state index in [-0.39, 0.29) is 6.61 Å². The van der Waals surface area contributed by atoms with Crippen LogP contribution in [0, 0.1) is 0 Å². The van der Waals surface area contributed by atoms with Gasteiger partial charge in [0.15, 0.2) is 0 Å². The van der Waals surface area contributed by atoms with Gasteiger partial charge in [-0.1, -0.05) is 5.16 Å². The average molecular weight is 128 g/mol. The van der Waals surface area contributed by atoms with Gasteiger partial charge in [0.1, 0.15) is 12.0 Å². The Morgan fingerprint density at radius 1 is 1.78 bits per heavy atom. The minimum Gasteiger partial charge on any atom is -0.390 e. The minimum absolute atomic E-state index is 0.108. The number of aliphatic hydroxyl groups excluding tert-OH is 1. The molecule has 0 fully saturated rings. The molecule has 50 valence electrons. The molecule has 0 unspecified atom stereocenters. The summed E-state index contributed by atoms with van der Waals surface area (Å²) >= 11 is 0. The summed E-state index contributed by atoms with van der Waals surface area (Å²) in [5.41, 5.74) is 6.55. The van der Waals surface area contributed by atoms with E-state index in [4.69, 9.17) is 10.8 Å². The standard InChI is InChI=1S/C5H8N2O2/c6-1-4-3-9-7-5(4)2-8/h3,8H,1-2,6H2. The molecule has 0 aliphatic rings. The zero-order valence-electron chi connectivity index (χ0n) is 4.87. The Bertz CT molecular complexity index is 166. The summed E-state index contributed by atoms with van der Waals surface area (Å²) in [6, 6.07) is 0. The molecule has 1 heterocycles. The van der Waals surface area contributed by atoms with Crippen LogP contribution in [0.4, 0.5) is 0 Å². The van der Waals surface area contributed by atoms with Crippen molar-refractivity contribution in [2.24, 2.45) is 5.73 Å². The van der Waals surface area contributed by atoms with E-state index < -0.39 is 0 Å². The number of hydrogen-bond acceptors (Lipinski definition) is 4. The van der Waals surface area contributed by atoms with Gasteiger partial charge in [-0.2, -0.15) is 0 Å². The van der Waals surface area contributed by atoms with Crippen molar-refractivity contribution in [2.45, 2.75) is 13.2 Å². The zero-order valence-corrected chi connectivity index (χ0v) is 4.87. The largest absolute Gasteiger partial charge is 0.390 e. The van der Waals surface area contributed by atoms with Crippen LogP contribution in [-0.4, -0.2) is 10.3 Å². The SMILES string of the molecule is NCc1conc1CO. The number of aliphatic hydroxyl groups is 1. The molecular formula is C5H8N2O2. The van der Waals surface area contributed by atoms with E-state index in [2.05, 4.69) is 9.68 Å². The first kappa shape index (κ1) is 6.25. The van der Waals surface area contributed by atoms with Gasteiger partial charge in [0, 0.05) is 12.1 Å². The lowest BCUT2D eigenvalue weighted by Gasteiger charge is -1.88. The van der Waals surface area contributed by atoms with Gasteiger partial charge < -0.3 is 15.4 Å². The monoisotopic (exact) mass is 128 g/mol. The molecule has 1 aromatic rings. The third-order valence-corrected chi connectivity index (χ3v) is 1.10. The highest BCUT2D eigenvalue weighted by Gasteiger charge is 2.02. The fourth-order valence-electron chi connectivity index (χ4n) is 0.577. The van der Waals surface area contributed by atoms with Crippen LogP contribution < -0.4 is 5.73 Å². The second-order valence-corrected chi connectivity index (χ2v) is 1.65. The molecule has 0 spiro atoms. The average Bonchev–Trinajstić information content (AvgIpc) is 2.33. The molecule has 4 nitrogen and oxygen atoms in total. The van der Waals surface area contributed by atoms with Crippen LogP contribution in [0.5, 0.6) is 0 Å². The van der Waals surface area contributed by atoms with Crippen molar-refractivity contribution in [1.82, 2.24) is 5.16 Å². The Morgan fingerprint density at radius 2 is 2.56 bits per heavy atom. The molecule has 0 aliphatic heterocycles. The molecular weight excluding hydrogens is 120 g/mol. The minimum atomic E-state index is -0.108. The summed E-state index contributed by atoms with van der Waals surface area (Å²) in [6.07, 6.45) is 1.44. The Kier molecular flexibility index (Phi) is 1.81. The van der Waals surface area contributed by atoms with Crippen LogP contribution in [0.1, 0.15) is 11.3 Å². The molecule has 0 aromatic carbocycles. The van der Waals surface area contributed by atoms with Gasteiger partial charge in [-0.25, -0.2) is 0 Å². The molecule has 0 bridgehead atoms. The molecule has 0 radical (unpaired) electrons. The maximum atomic E-state index is 8.56. The highest BCUT2D eigenvalue weighted by molar-refractivity contribution is 5.12. The van der Waals surface area contributed by atoms with Crippen LogP contribution >= 0.6 is 0 Å². The van der Waals surface area contributed by atoms with E-state index in [1.54, 1.807) is 0 Å². The third kappa shape index (κ3) is 1.09. The highest BCUT2D eigenvalue weighted by atomic mass is 16.5. The molecule has 0 amide bonds. The first-order chi connectivity index (χ1) is 4.38. The summed E-state index contributed by atoms with van der Waals surface area (Å²) in [7, 11) is 0. The molecule has 9 heavy (non-hydrogen) atoms.